The molecule has 1 aromatic carbocycles. The van der Waals surface area contributed by atoms with Crippen molar-refractivity contribution >= 4 is 17.6 Å². The molecule has 2 amide bonds. The smallest absolute Gasteiger partial charge is 0.252 e. The fourth-order valence-corrected chi connectivity index (χ4v) is 3.13. The second-order valence-electron chi connectivity index (χ2n) is 7.57. The molecule has 0 saturated heterocycles. The Morgan fingerprint density at radius 1 is 1.07 bits per heavy atom. The number of rotatable bonds is 8. The van der Waals surface area contributed by atoms with E-state index in [2.05, 4.69) is 20.7 Å². The van der Waals surface area contributed by atoms with Gasteiger partial charge >= 0.3 is 0 Å². The average molecular weight is 406 g/mol. The molecular formula is C23H27N5O2. The third-order valence-corrected chi connectivity index (χ3v) is 4.90. The molecule has 0 fully saturated rings. The van der Waals surface area contributed by atoms with Crippen LogP contribution < -0.4 is 10.6 Å². The van der Waals surface area contributed by atoms with Gasteiger partial charge in [-0.05, 0) is 48.6 Å². The Labute approximate surface area is 176 Å². The predicted molar refractivity (Wildman–Crippen MR) is 116 cm³/mol. The molecular weight excluding hydrogens is 378 g/mol. The molecule has 0 bridgehead atoms. The number of nitrogens with zero attached hydrogens (tertiary/aromatic N) is 3. The number of carbonyl (C=O) groups is 2. The van der Waals surface area contributed by atoms with E-state index in [0.29, 0.717) is 17.9 Å². The van der Waals surface area contributed by atoms with Crippen molar-refractivity contribution in [1.82, 2.24) is 20.1 Å². The van der Waals surface area contributed by atoms with Crippen LogP contribution in [0.25, 0.3) is 0 Å². The topological polar surface area (TPSA) is 88.9 Å². The molecule has 1 unspecified atom stereocenters. The molecule has 2 heterocycles. The lowest BCUT2D eigenvalue weighted by atomic mass is 10.0. The molecule has 3 rings (SSSR count). The number of amides is 2. The summed E-state index contributed by atoms with van der Waals surface area (Å²) < 4.78 is 1.78. The van der Waals surface area contributed by atoms with Crippen LogP contribution in [0.5, 0.6) is 0 Å². The zero-order valence-electron chi connectivity index (χ0n) is 17.5. The van der Waals surface area contributed by atoms with Gasteiger partial charge in [-0.3, -0.25) is 19.3 Å². The number of benzene rings is 1. The number of hydrogen-bond donors (Lipinski definition) is 2. The van der Waals surface area contributed by atoms with Crippen molar-refractivity contribution in [3.63, 3.8) is 0 Å². The van der Waals surface area contributed by atoms with Crippen LogP contribution in [0.3, 0.4) is 0 Å². The SMILES string of the molecule is Cc1ccccc1C(=O)NC(C(=O)Nc1ccn(CCc2ccncc2)n1)C(C)C. The maximum absolute atomic E-state index is 12.8. The van der Waals surface area contributed by atoms with Gasteiger partial charge in [0.05, 0.1) is 0 Å². The maximum atomic E-state index is 12.8. The van der Waals surface area contributed by atoms with E-state index in [0.717, 1.165) is 12.0 Å². The number of aryl methyl sites for hydroxylation is 3. The first kappa shape index (κ1) is 21.2. The van der Waals surface area contributed by atoms with Gasteiger partial charge in [0.1, 0.15) is 6.04 Å². The van der Waals surface area contributed by atoms with E-state index in [1.54, 1.807) is 29.2 Å². The van der Waals surface area contributed by atoms with Gasteiger partial charge in [-0.25, -0.2) is 0 Å². The normalized spacial score (nSPS) is 11.9. The molecule has 0 aliphatic rings. The van der Waals surface area contributed by atoms with Gasteiger partial charge in [0.2, 0.25) is 5.91 Å². The second-order valence-corrected chi connectivity index (χ2v) is 7.57. The summed E-state index contributed by atoms with van der Waals surface area (Å²) in [6.07, 6.45) is 6.18. The lowest BCUT2D eigenvalue weighted by Gasteiger charge is -2.21. The summed E-state index contributed by atoms with van der Waals surface area (Å²) >= 11 is 0. The van der Waals surface area contributed by atoms with Gasteiger partial charge in [-0.15, -0.1) is 0 Å². The monoisotopic (exact) mass is 405 g/mol. The van der Waals surface area contributed by atoms with Crippen molar-refractivity contribution in [2.75, 3.05) is 5.32 Å². The first-order valence-corrected chi connectivity index (χ1v) is 10.0. The lowest BCUT2D eigenvalue weighted by molar-refractivity contribution is -0.118. The summed E-state index contributed by atoms with van der Waals surface area (Å²) in [6.45, 7) is 6.36. The average Bonchev–Trinajstić information content (AvgIpc) is 3.18. The van der Waals surface area contributed by atoms with Crippen molar-refractivity contribution in [2.24, 2.45) is 5.92 Å². The number of carbonyl (C=O) groups excluding carboxylic acids is 2. The molecule has 30 heavy (non-hydrogen) atoms. The van der Waals surface area contributed by atoms with E-state index in [4.69, 9.17) is 0 Å². The Balaban J connectivity index is 1.60. The maximum Gasteiger partial charge on any atom is 0.252 e. The number of pyridine rings is 1. The van der Waals surface area contributed by atoms with Crippen LogP contribution in [-0.4, -0.2) is 32.6 Å². The predicted octanol–water partition coefficient (Wildman–Crippen LogP) is 3.22. The Morgan fingerprint density at radius 2 is 1.80 bits per heavy atom. The van der Waals surface area contributed by atoms with E-state index in [1.165, 1.54) is 5.56 Å². The van der Waals surface area contributed by atoms with Crippen molar-refractivity contribution < 1.29 is 9.59 Å². The van der Waals surface area contributed by atoms with Crippen LogP contribution >= 0.6 is 0 Å². The first-order chi connectivity index (χ1) is 14.4. The third kappa shape index (κ3) is 5.53. The standard InChI is InChI=1S/C23H27N5O2/c1-16(2)21(26-22(29)19-7-5-4-6-17(19)3)23(30)25-20-11-15-28(27-20)14-10-18-8-12-24-13-9-18/h4-9,11-13,15-16,21H,10,14H2,1-3H3,(H,26,29)(H,25,27,30). The Bertz CT molecular complexity index is 998. The van der Waals surface area contributed by atoms with Gasteiger partial charge in [0.15, 0.2) is 5.82 Å². The summed E-state index contributed by atoms with van der Waals surface area (Å²) in [6, 6.07) is 12.3. The van der Waals surface area contributed by atoms with Crippen LogP contribution in [0.4, 0.5) is 5.82 Å². The van der Waals surface area contributed by atoms with Crippen LogP contribution in [-0.2, 0) is 17.8 Å². The quantitative estimate of drug-likeness (QED) is 0.602. The van der Waals surface area contributed by atoms with E-state index >= 15 is 0 Å². The van der Waals surface area contributed by atoms with Gasteiger partial charge in [-0.2, -0.15) is 5.10 Å². The van der Waals surface area contributed by atoms with E-state index < -0.39 is 6.04 Å². The molecule has 156 valence electrons. The van der Waals surface area contributed by atoms with Crippen LogP contribution in [0.15, 0.2) is 61.1 Å². The minimum Gasteiger partial charge on any atom is -0.340 e. The lowest BCUT2D eigenvalue weighted by Crippen LogP contribution is -2.47. The fourth-order valence-electron chi connectivity index (χ4n) is 3.13. The third-order valence-electron chi connectivity index (χ3n) is 4.90. The summed E-state index contributed by atoms with van der Waals surface area (Å²) in [5.74, 6) is -0.159. The van der Waals surface area contributed by atoms with Gasteiger partial charge in [0.25, 0.3) is 5.91 Å². The van der Waals surface area contributed by atoms with Crippen molar-refractivity contribution in [1.29, 1.82) is 0 Å². The second kappa shape index (κ2) is 9.82. The first-order valence-electron chi connectivity index (χ1n) is 10.0. The summed E-state index contributed by atoms with van der Waals surface area (Å²) in [7, 11) is 0. The summed E-state index contributed by atoms with van der Waals surface area (Å²) in [4.78, 5) is 29.5. The molecule has 7 nitrogen and oxygen atoms in total. The molecule has 2 N–H and O–H groups in total. The molecule has 7 heteroatoms. The molecule has 3 aromatic rings. The van der Waals surface area contributed by atoms with Crippen LogP contribution in [0.1, 0.15) is 35.3 Å². The molecule has 2 aromatic heterocycles. The highest BCUT2D eigenvalue weighted by molar-refractivity contribution is 6.01. The molecule has 1 atom stereocenters. The highest BCUT2D eigenvalue weighted by Crippen LogP contribution is 2.12. The summed E-state index contributed by atoms with van der Waals surface area (Å²) in [5.41, 5.74) is 2.60. The molecule has 0 radical (unpaired) electrons. The molecule has 0 aliphatic carbocycles. The molecule has 0 saturated carbocycles. The van der Waals surface area contributed by atoms with Gasteiger partial charge < -0.3 is 10.6 Å². The summed E-state index contributed by atoms with van der Waals surface area (Å²) in [5, 5.41) is 10.1. The highest BCUT2D eigenvalue weighted by atomic mass is 16.2. The van der Waals surface area contributed by atoms with Crippen molar-refractivity contribution in [3.8, 4) is 0 Å². The number of anilines is 1. The molecule has 0 spiro atoms. The van der Waals surface area contributed by atoms with Crippen LogP contribution in [0, 0.1) is 12.8 Å². The minimum atomic E-state index is -0.668. The largest absolute Gasteiger partial charge is 0.340 e. The highest BCUT2D eigenvalue weighted by Gasteiger charge is 2.25. The zero-order valence-corrected chi connectivity index (χ0v) is 17.5. The number of aromatic nitrogens is 3. The van der Waals surface area contributed by atoms with Gasteiger partial charge in [0, 0.05) is 36.8 Å². The van der Waals surface area contributed by atoms with E-state index in [-0.39, 0.29) is 17.7 Å². The fraction of sp³-hybridized carbons (Fsp3) is 0.304. The number of hydrogen-bond acceptors (Lipinski definition) is 4. The van der Waals surface area contributed by atoms with Gasteiger partial charge in [-0.1, -0.05) is 32.0 Å². The van der Waals surface area contributed by atoms with Crippen LogP contribution in [0.2, 0.25) is 0 Å². The Morgan fingerprint density at radius 3 is 2.50 bits per heavy atom. The van der Waals surface area contributed by atoms with E-state index in [9.17, 15) is 9.59 Å². The Kier molecular flexibility index (Phi) is 6.95. The van der Waals surface area contributed by atoms with Crippen molar-refractivity contribution in [3.05, 3.63) is 77.7 Å². The minimum absolute atomic E-state index is 0.0771. The van der Waals surface area contributed by atoms with E-state index in [1.807, 2.05) is 57.3 Å². The molecule has 0 aliphatic heterocycles. The number of nitrogens with one attached hydrogen (secondary N) is 2. The zero-order chi connectivity index (χ0) is 21.5. The Hall–Kier alpha value is -3.48. The van der Waals surface area contributed by atoms with Crippen molar-refractivity contribution in [2.45, 2.75) is 39.8 Å².